The molecule has 0 spiro atoms. The summed E-state index contributed by atoms with van der Waals surface area (Å²) in [5, 5.41) is 16.4. The maximum Gasteiger partial charge on any atom is 0.160 e. The lowest BCUT2D eigenvalue weighted by Gasteiger charge is -2.12. The Morgan fingerprint density at radius 1 is 0.177 bits per heavy atom. The summed E-state index contributed by atoms with van der Waals surface area (Å²) in [7, 11) is 0. The third kappa shape index (κ3) is 13.0. The topological polar surface area (TPSA) is 120 Å². The van der Waals surface area contributed by atoms with Crippen LogP contribution in [-0.4, -0.2) is 62.3 Å². The minimum atomic E-state index is 0.702. The monoisotopic (exact) mass is 1660 g/mol. The number of hydrogen-bond donors (Lipinski definition) is 0. The van der Waals surface area contributed by atoms with Gasteiger partial charge >= 0.3 is 0 Å². The number of para-hydroxylation sites is 8. The zero-order chi connectivity index (χ0) is 85.7. The van der Waals surface area contributed by atoms with Gasteiger partial charge in [-0.25, -0.2) is 29.9 Å². The highest BCUT2D eigenvalue weighted by molar-refractivity contribution is 6.17. The van der Waals surface area contributed by atoms with Gasteiger partial charge in [0.1, 0.15) is 0 Å². The molecule has 0 amide bonds. The van der Waals surface area contributed by atoms with Crippen LogP contribution in [0.4, 0.5) is 0 Å². The Bertz CT molecular complexity index is 9140. The molecular weight excluding hydrogens is 1590 g/mol. The van der Waals surface area contributed by atoms with Gasteiger partial charge in [-0.15, -0.1) is 0 Å². The Morgan fingerprint density at radius 2 is 0.538 bits per heavy atom. The summed E-state index contributed by atoms with van der Waals surface area (Å²) < 4.78 is 13.9. The van der Waals surface area contributed by atoms with Gasteiger partial charge in [-0.05, 0) is 181 Å². The molecule has 27 aromatic rings. The zero-order valence-corrected chi connectivity index (χ0v) is 70.1. The third-order valence-corrected chi connectivity index (χ3v) is 25.3. The van der Waals surface area contributed by atoms with E-state index >= 15 is 0 Å². The van der Waals surface area contributed by atoms with E-state index in [1.807, 2.05) is 36.5 Å². The molecule has 0 radical (unpaired) electrons. The van der Waals surface area contributed by atoms with Crippen LogP contribution in [0.5, 0.6) is 0 Å². The van der Waals surface area contributed by atoms with E-state index in [0.717, 1.165) is 106 Å². The number of rotatable bonds is 11. The minimum Gasteiger partial charge on any atom is -0.317 e. The number of nitrogens with zero attached hydrogens (tertiary/aromatic N) is 13. The molecule has 0 aliphatic rings. The highest BCUT2D eigenvalue weighted by atomic mass is 15.0. The van der Waals surface area contributed by atoms with E-state index in [9.17, 15) is 0 Å². The van der Waals surface area contributed by atoms with Gasteiger partial charge in [-0.3, -0.25) is 4.98 Å². The van der Waals surface area contributed by atoms with Gasteiger partial charge in [0.25, 0.3) is 0 Å². The number of aromatic nitrogens is 13. The van der Waals surface area contributed by atoms with Crippen LogP contribution in [0.15, 0.2) is 456 Å². The van der Waals surface area contributed by atoms with Crippen LogP contribution in [0, 0.1) is 0 Å². The van der Waals surface area contributed by atoms with Crippen LogP contribution in [0.2, 0.25) is 0 Å². The van der Waals surface area contributed by atoms with E-state index < -0.39 is 0 Å². The summed E-state index contributed by atoms with van der Waals surface area (Å²) in [6, 6.07) is 148. The Kier molecular flexibility index (Phi) is 17.9. The van der Waals surface area contributed by atoms with Gasteiger partial charge in [-0.2, -0.15) is 0 Å². The SMILES string of the molecule is c1ccc(-c2nc(-c3cccc(-n4c5ccccc5c5cc6c(ccn6-c6ccccc6)cc54)c3)nc3ccccc23)cc1.c1ccc(-n2ccc3cc4c(cc32)c2ccccc2n4-c2cccc(-c3nc(-c4ccc5ccccc5c4)c4ccccc4n3)c2)cc1.c1ccc(-n2ccc3cc4c(cc32)c2ccccc2n4-c2cccc(-c3ncc4cnccc4n3)c2)cc1. The van der Waals surface area contributed by atoms with Gasteiger partial charge in [0.2, 0.25) is 0 Å². The Morgan fingerprint density at radius 3 is 0.992 bits per heavy atom. The van der Waals surface area contributed by atoms with E-state index in [-0.39, 0.29) is 0 Å². The average molecular weight is 1660 g/mol. The Balaban J connectivity index is 0.000000106. The first kappa shape index (κ1) is 74.8. The summed E-state index contributed by atoms with van der Waals surface area (Å²) >= 11 is 0. The lowest BCUT2D eigenvalue weighted by atomic mass is 10.0. The van der Waals surface area contributed by atoms with E-state index in [1.165, 1.54) is 109 Å². The van der Waals surface area contributed by atoms with Crippen molar-refractivity contribution in [3.05, 3.63) is 456 Å². The number of hydrogen-bond acceptors (Lipinski definition) is 7. The first-order valence-corrected chi connectivity index (χ1v) is 43.7. The Labute approximate surface area is 745 Å². The third-order valence-electron chi connectivity index (χ3n) is 25.3. The summed E-state index contributed by atoms with van der Waals surface area (Å²) in [6.07, 6.45) is 11.9. The van der Waals surface area contributed by atoms with Crippen molar-refractivity contribution in [3.8, 4) is 90.8 Å². The molecule has 10 heterocycles. The van der Waals surface area contributed by atoms with Crippen molar-refractivity contribution in [2.24, 2.45) is 0 Å². The molecule has 10 aromatic heterocycles. The fourth-order valence-electron chi connectivity index (χ4n) is 19.2. The van der Waals surface area contributed by atoms with E-state index in [1.54, 1.807) is 12.4 Å². The van der Waals surface area contributed by atoms with Crippen molar-refractivity contribution >= 4 is 142 Å². The predicted octanol–water partition coefficient (Wildman–Crippen LogP) is 28.9. The number of pyridine rings is 1. The highest BCUT2D eigenvalue weighted by Gasteiger charge is 2.23. The van der Waals surface area contributed by atoms with Gasteiger partial charge < -0.3 is 27.4 Å². The molecule has 0 N–H and O–H groups in total. The predicted molar refractivity (Wildman–Crippen MR) is 535 cm³/mol. The Hall–Kier alpha value is -17.8. The standard InChI is InChI=1S/C44H28N4.C40H26N4.C33H21N5/c1-2-14-34(15-3-1)47-24-23-31-27-42-38(28-41(31)47)36-17-7-9-20-40(36)48(42)35-16-10-13-33(26-35)44-45-39-19-8-6-18-37(39)43(46-44)32-22-21-29-11-4-5-12-30(29)25-32;1-3-12-27(13-4-1)39-33-19-7-9-20-35(33)41-40(42-39)29-14-11-17-31(24-29)44-36-21-10-8-18-32(36)34-26-37-28(25-38(34)44)22-23-43(37)30-15-5-2-6-16-30;1-2-8-25(9-3-1)37-16-14-22-18-32-28(19-31(22)37)27-11-4-5-12-30(27)38(32)26-10-6-7-23(17-26)33-35-21-24-20-34-15-13-29(24)36-33/h1-28H;1-26H;1-21H. The van der Waals surface area contributed by atoms with Crippen LogP contribution in [0.3, 0.4) is 0 Å². The van der Waals surface area contributed by atoms with Crippen molar-refractivity contribution in [3.63, 3.8) is 0 Å². The molecule has 13 heteroatoms. The van der Waals surface area contributed by atoms with Crippen molar-refractivity contribution < 1.29 is 0 Å². The average Bonchev–Trinajstić information content (AvgIpc) is 1.59. The number of benzene rings is 17. The maximum atomic E-state index is 5.24. The molecule has 130 heavy (non-hydrogen) atoms. The number of fused-ring (bicyclic) bond motifs is 16. The quantitative estimate of drug-likeness (QED) is 0.126. The fraction of sp³-hybridized carbons (Fsp3) is 0. The molecule has 0 saturated heterocycles. The van der Waals surface area contributed by atoms with Gasteiger partial charge in [0.05, 0.1) is 77.6 Å². The van der Waals surface area contributed by atoms with Crippen LogP contribution >= 0.6 is 0 Å². The van der Waals surface area contributed by atoms with Crippen molar-refractivity contribution in [1.82, 2.24) is 62.3 Å². The summed E-state index contributed by atoms with van der Waals surface area (Å²) in [4.78, 5) is 34.1. The second kappa shape index (κ2) is 31.1. The lowest BCUT2D eigenvalue weighted by molar-refractivity contribution is 1.13. The summed E-state index contributed by atoms with van der Waals surface area (Å²) in [6.45, 7) is 0. The van der Waals surface area contributed by atoms with Crippen molar-refractivity contribution in [1.29, 1.82) is 0 Å². The molecule has 17 aromatic carbocycles. The van der Waals surface area contributed by atoms with Crippen LogP contribution in [0.25, 0.3) is 232 Å². The van der Waals surface area contributed by atoms with Crippen LogP contribution in [0.1, 0.15) is 0 Å². The second-order valence-corrected chi connectivity index (χ2v) is 32.9. The molecule has 27 rings (SSSR count). The van der Waals surface area contributed by atoms with Crippen LogP contribution in [-0.2, 0) is 0 Å². The molecule has 13 nitrogen and oxygen atoms in total. The van der Waals surface area contributed by atoms with Gasteiger partial charge in [-0.1, -0.05) is 249 Å². The molecule has 0 saturated carbocycles. The van der Waals surface area contributed by atoms with Crippen LogP contribution < -0.4 is 0 Å². The van der Waals surface area contributed by atoms with Crippen molar-refractivity contribution in [2.45, 2.75) is 0 Å². The zero-order valence-electron chi connectivity index (χ0n) is 70.1. The van der Waals surface area contributed by atoms with E-state index in [2.05, 4.69) is 444 Å². The van der Waals surface area contributed by atoms with Gasteiger partial charge in [0.15, 0.2) is 17.5 Å². The summed E-state index contributed by atoms with van der Waals surface area (Å²) in [5.41, 5.74) is 27.0. The lowest BCUT2D eigenvalue weighted by Crippen LogP contribution is -1.98. The normalized spacial score (nSPS) is 11.7. The second-order valence-electron chi connectivity index (χ2n) is 32.9. The van der Waals surface area contributed by atoms with E-state index in [0.29, 0.717) is 17.5 Å². The summed E-state index contributed by atoms with van der Waals surface area (Å²) in [5.74, 6) is 2.13. The molecule has 0 bridgehead atoms. The smallest absolute Gasteiger partial charge is 0.160 e. The van der Waals surface area contributed by atoms with Crippen molar-refractivity contribution in [2.75, 3.05) is 0 Å². The maximum absolute atomic E-state index is 5.24. The molecule has 0 aliphatic carbocycles. The highest BCUT2D eigenvalue weighted by Crippen LogP contribution is 2.43. The fourth-order valence-corrected chi connectivity index (χ4v) is 19.2. The largest absolute Gasteiger partial charge is 0.317 e. The molecular formula is C117H75N13. The first-order chi connectivity index (χ1) is 64.4. The van der Waals surface area contributed by atoms with E-state index in [4.69, 9.17) is 24.9 Å². The minimum absolute atomic E-state index is 0.702. The molecule has 0 fully saturated rings. The van der Waals surface area contributed by atoms with Gasteiger partial charge in [0, 0.05) is 164 Å². The first-order valence-electron chi connectivity index (χ1n) is 43.7. The molecule has 0 unspecified atom stereocenters. The molecule has 0 aliphatic heterocycles. The molecule has 608 valence electrons. The molecule has 0 atom stereocenters.